The van der Waals surface area contributed by atoms with Gasteiger partial charge in [-0.1, -0.05) is 0 Å². The van der Waals surface area contributed by atoms with Gasteiger partial charge in [0.15, 0.2) is 5.60 Å². The van der Waals surface area contributed by atoms with Crippen LogP contribution in [0.25, 0.3) is 0 Å². The molecule has 25 heavy (non-hydrogen) atoms. The molecule has 1 aromatic rings. The van der Waals surface area contributed by atoms with Gasteiger partial charge in [-0.25, -0.2) is 13.1 Å². The Morgan fingerprint density at radius 3 is 2.44 bits per heavy atom. The lowest BCUT2D eigenvalue weighted by molar-refractivity contribution is -0.136. The molecular formula is C17H26N2O5S. The van der Waals surface area contributed by atoms with Crippen LogP contribution < -0.4 is 14.8 Å². The zero-order chi connectivity index (χ0) is 19.0. The minimum Gasteiger partial charge on any atom is -0.507 e. The molecule has 0 radical (unpaired) electrons. The number of phenols is 1. The van der Waals surface area contributed by atoms with Crippen LogP contribution in [0, 0.1) is 20.8 Å². The summed E-state index contributed by atoms with van der Waals surface area (Å²) in [7, 11) is -3.28. The molecule has 1 unspecified atom stereocenters. The van der Waals surface area contributed by atoms with Gasteiger partial charge in [0, 0.05) is 25.1 Å². The van der Waals surface area contributed by atoms with Crippen LogP contribution in [-0.2, 0) is 21.2 Å². The summed E-state index contributed by atoms with van der Waals surface area (Å²) in [4.78, 5) is 12.5. The second-order valence-electron chi connectivity index (χ2n) is 6.79. The predicted octanol–water partition coefficient (Wildman–Crippen LogP) is 1.07. The molecule has 140 valence electrons. The first kappa shape index (κ1) is 19.5. The van der Waals surface area contributed by atoms with E-state index in [1.807, 2.05) is 20.8 Å². The van der Waals surface area contributed by atoms with Gasteiger partial charge in [-0.05, 0) is 50.8 Å². The Morgan fingerprint density at radius 1 is 1.20 bits per heavy atom. The molecule has 0 aromatic heterocycles. The van der Waals surface area contributed by atoms with Gasteiger partial charge in [0.25, 0.3) is 5.91 Å². The number of fused-ring (bicyclic) bond motifs is 1. The number of benzene rings is 1. The normalized spacial score (nSPS) is 19.9. The average Bonchev–Trinajstić information content (AvgIpc) is 2.53. The number of rotatable bonds is 5. The zero-order valence-corrected chi connectivity index (χ0v) is 16.1. The van der Waals surface area contributed by atoms with Crippen molar-refractivity contribution < 1.29 is 23.1 Å². The van der Waals surface area contributed by atoms with E-state index in [0.29, 0.717) is 18.6 Å². The van der Waals surface area contributed by atoms with Crippen LogP contribution in [0.3, 0.4) is 0 Å². The highest BCUT2D eigenvalue weighted by Gasteiger charge is 2.40. The van der Waals surface area contributed by atoms with Gasteiger partial charge in [0.1, 0.15) is 11.5 Å². The monoisotopic (exact) mass is 370 g/mol. The number of hydrogen-bond acceptors (Lipinski definition) is 5. The zero-order valence-electron chi connectivity index (χ0n) is 15.3. The standard InChI is InChI=1S/C17H26N2O5S/c1-10-11(2)15-13(12(3)14(10)20)6-7-17(4,24-15)16(21)18-8-9-19-25(5,22)23/h19-20H,6-9H2,1-5H3,(H,18,21). The van der Waals surface area contributed by atoms with Gasteiger partial charge >= 0.3 is 0 Å². The van der Waals surface area contributed by atoms with Crippen molar-refractivity contribution in [3.63, 3.8) is 0 Å². The number of hydrogen-bond donors (Lipinski definition) is 3. The molecule has 1 aliphatic rings. The third kappa shape index (κ3) is 4.07. The molecule has 0 saturated heterocycles. The fourth-order valence-corrected chi connectivity index (χ4v) is 3.48. The van der Waals surface area contributed by atoms with Crippen LogP contribution in [0.5, 0.6) is 11.5 Å². The fraction of sp³-hybridized carbons (Fsp3) is 0.588. The second kappa shape index (κ2) is 6.84. The Bertz CT molecular complexity index is 804. The number of carbonyl (C=O) groups excluding carboxylic acids is 1. The van der Waals surface area contributed by atoms with E-state index in [4.69, 9.17) is 4.74 Å². The van der Waals surface area contributed by atoms with E-state index in [1.165, 1.54) is 0 Å². The van der Waals surface area contributed by atoms with Crippen molar-refractivity contribution in [2.75, 3.05) is 19.3 Å². The number of carbonyl (C=O) groups is 1. The van der Waals surface area contributed by atoms with E-state index < -0.39 is 15.6 Å². The van der Waals surface area contributed by atoms with Crippen LogP contribution in [-0.4, -0.2) is 44.4 Å². The maximum absolute atomic E-state index is 12.5. The quantitative estimate of drug-likeness (QED) is 0.673. The van der Waals surface area contributed by atoms with Crippen molar-refractivity contribution in [3.8, 4) is 11.5 Å². The Morgan fingerprint density at radius 2 is 1.84 bits per heavy atom. The van der Waals surface area contributed by atoms with Crippen molar-refractivity contribution in [1.82, 2.24) is 10.0 Å². The highest BCUT2D eigenvalue weighted by molar-refractivity contribution is 7.88. The molecule has 3 N–H and O–H groups in total. The fourth-order valence-electron chi connectivity index (χ4n) is 3.01. The summed E-state index contributed by atoms with van der Waals surface area (Å²) < 4.78 is 30.5. The highest BCUT2D eigenvalue weighted by atomic mass is 32.2. The largest absolute Gasteiger partial charge is 0.507 e. The smallest absolute Gasteiger partial charge is 0.263 e. The number of phenolic OH excluding ortho intramolecular Hbond substituents is 1. The maximum Gasteiger partial charge on any atom is 0.263 e. The molecule has 2 rings (SSSR count). The number of ether oxygens (including phenoxy) is 1. The van der Waals surface area contributed by atoms with Crippen LogP contribution in [0.15, 0.2) is 0 Å². The third-order valence-corrected chi connectivity index (χ3v) is 5.50. The van der Waals surface area contributed by atoms with Gasteiger partial charge < -0.3 is 15.2 Å². The van der Waals surface area contributed by atoms with E-state index >= 15 is 0 Å². The summed E-state index contributed by atoms with van der Waals surface area (Å²) in [5.74, 6) is 0.655. The van der Waals surface area contributed by atoms with Crippen LogP contribution in [0.2, 0.25) is 0 Å². The number of amides is 1. The minimum absolute atomic E-state index is 0.127. The Labute approximate surface area is 148 Å². The van der Waals surface area contributed by atoms with Crippen LogP contribution >= 0.6 is 0 Å². The summed E-state index contributed by atoms with van der Waals surface area (Å²) in [6, 6.07) is 0. The Hall–Kier alpha value is -1.80. The number of aromatic hydroxyl groups is 1. The van der Waals surface area contributed by atoms with Crippen molar-refractivity contribution in [2.45, 2.75) is 46.1 Å². The lowest BCUT2D eigenvalue weighted by Crippen LogP contribution is -2.52. The molecule has 1 atom stereocenters. The molecule has 1 aromatic carbocycles. The molecule has 0 aliphatic carbocycles. The first-order valence-electron chi connectivity index (χ1n) is 8.20. The van der Waals surface area contributed by atoms with E-state index in [-0.39, 0.29) is 24.7 Å². The summed E-state index contributed by atoms with van der Waals surface area (Å²) in [5.41, 5.74) is 2.27. The lowest BCUT2D eigenvalue weighted by atomic mass is 9.86. The van der Waals surface area contributed by atoms with E-state index in [1.54, 1.807) is 6.92 Å². The third-order valence-electron chi connectivity index (χ3n) is 4.77. The van der Waals surface area contributed by atoms with Gasteiger partial charge in [-0.3, -0.25) is 4.79 Å². The van der Waals surface area contributed by atoms with Gasteiger partial charge in [-0.2, -0.15) is 0 Å². The molecule has 0 saturated carbocycles. The molecule has 8 heteroatoms. The molecule has 0 bridgehead atoms. The summed E-state index contributed by atoms with van der Waals surface area (Å²) >= 11 is 0. The van der Waals surface area contributed by atoms with Crippen molar-refractivity contribution in [3.05, 3.63) is 22.3 Å². The van der Waals surface area contributed by atoms with Crippen molar-refractivity contribution in [2.24, 2.45) is 0 Å². The summed E-state index contributed by atoms with van der Waals surface area (Å²) in [6.07, 6.45) is 2.18. The van der Waals surface area contributed by atoms with E-state index in [0.717, 1.165) is 28.5 Å². The number of nitrogens with one attached hydrogen (secondary N) is 2. The Kier molecular flexibility index (Phi) is 5.34. The molecule has 0 fully saturated rings. The maximum atomic E-state index is 12.5. The average molecular weight is 370 g/mol. The molecule has 1 heterocycles. The van der Waals surface area contributed by atoms with Crippen molar-refractivity contribution >= 4 is 15.9 Å². The summed E-state index contributed by atoms with van der Waals surface area (Å²) in [6.45, 7) is 7.58. The van der Waals surface area contributed by atoms with Crippen LogP contribution in [0.4, 0.5) is 0 Å². The first-order chi connectivity index (χ1) is 11.5. The Balaban J connectivity index is 2.13. The number of sulfonamides is 1. The van der Waals surface area contributed by atoms with Gasteiger partial charge in [0.2, 0.25) is 10.0 Å². The minimum atomic E-state index is -3.28. The molecule has 0 spiro atoms. The highest BCUT2D eigenvalue weighted by Crippen LogP contribution is 2.43. The van der Waals surface area contributed by atoms with Gasteiger partial charge in [0.05, 0.1) is 6.26 Å². The molecule has 1 amide bonds. The van der Waals surface area contributed by atoms with Crippen LogP contribution in [0.1, 0.15) is 35.6 Å². The molecule has 7 nitrogen and oxygen atoms in total. The topological polar surface area (TPSA) is 105 Å². The lowest BCUT2D eigenvalue weighted by Gasteiger charge is -2.36. The molecular weight excluding hydrogens is 344 g/mol. The molecule has 1 aliphatic heterocycles. The van der Waals surface area contributed by atoms with Crippen molar-refractivity contribution in [1.29, 1.82) is 0 Å². The summed E-state index contributed by atoms with van der Waals surface area (Å²) in [5, 5.41) is 12.9. The van der Waals surface area contributed by atoms with E-state index in [9.17, 15) is 18.3 Å². The second-order valence-corrected chi connectivity index (χ2v) is 8.62. The SMILES string of the molecule is Cc1c(C)c2c(c(C)c1O)CCC(C)(C(=O)NCCNS(C)(=O)=O)O2. The predicted molar refractivity (Wildman–Crippen MR) is 95.5 cm³/mol. The first-order valence-corrected chi connectivity index (χ1v) is 10.1. The van der Waals surface area contributed by atoms with E-state index in [2.05, 4.69) is 10.0 Å². The van der Waals surface area contributed by atoms with Gasteiger partial charge in [-0.15, -0.1) is 0 Å².